The van der Waals surface area contributed by atoms with Crippen molar-refractivity contribution in [3.05, 3.63) is 18.5 Å². The van der Waals surface area contributed by atoms with E-state index in [4.69, 9.17) is 0 Å². The number of nitrogens with zero attached hydrogens (tertiary/aromatic N) is 3. The maximum Gasteiger partial charge on any atom is 0.224 e. The van der Waals surface area contributed by atoms with E-state index < -0.39 is 0 Å². The Labute approximate surface area is 133 Å². The van der Waals surface area contributed by atoms with E-state index in [1.807, 2.05) is 23.1 Å². The minimum absolute atomic E-state index is 0.341. The van der Waals surface area contributed by atoms with Crippen LogP contribution in [0.1, 0.15) is 44.9 Å². The van der Waals surface area contributed by atoms with Crippen molar-refractivity contribution in [1.29, 1.82) is 0 Å². The smallest absolute Gasteiger partial charge is 0.224 e. The molecule has 2 heterocycles. The van der Waals surface area contributed by atoms with Crippen LogP contribution in [-0.2, 0) is 11.3 Å². The summed E-state index contributed by atoms with van der Waals surface area (Å²) in [5.74, 6) is 1.09. The molecular weight excluding hydrogens is 276 g/mol. The van der Waals surface area contributed by atoms with E-state index in [9.17, 15) is 4.79 Å². The number of hydrogen-bond acceptors (Lipinski definition) is 3. The number of likely N-dealkylation sites (tertiary alicyclic amines) is 1. The van der Waals surface area contributed by atoms with Crippen molar-refractivity contribution >= 4 is 5.91 Å². The fourth-order valence-corrected chi connectivity index (χ4v) is 3.75. The number of carbonyl (C=O) groups excluding carboxylic acids is 1. The topological polar surface area (TPSA) is 50.2 Å². The van der Waals surface area contributed by atoms with Gasteiger partial charge in [0.2, 0.25) is 5.91 Å². The number of carbonyl (C=O) groups is 1. The maximum atomic E-state index is 12.1. The number of hydrogen-bond donors (Lipinski definition) is 1. The van der Waals surface area contributed by atoms with Crippen LogP contribution in [0.4, 0.5) is 0 Å². The molecule has 1 aliphatic carbocycles. The fourth-order valence-electron chi connectivity index (χ4n) is 3.75. The third-order valence-corrected chi connectivity index (χ3v) is 4.97. The molecule has 1 aliphatic heterocycles. The van der Waals surface area contributed by atoms with Crippen LogP contribution in [0.5, 0.6) is 0 Å². The maximum absolute atomic E-state index is 12.1. The normalized spacial score (nSPS) is 23.4. The molecule has 0 bridgehead atoms. The summed E-state index contributed by atoms with van der Waals surface area (Å²) in [7, 11) is 0. The average Bonchev–Trinajstić information content (AvgIpc) is 3.16. The van der Waals surface area contributed by atoms with Crippen molar-refractivity contribution in [2.75, 3.05) is 19.6 Å². The predicted octanol–water partition coefficient (Wildman–Crippen LogP) is 2.04. The second kappa shape index (κ2) is 7.77. The van der Waals surface area contributed by atoms with E-state index in [1.165, 1.54) is 32.1 Å². The first-order valence-corrected chi connectivity index (χ1v) is 8.80. The molecule has 2 aliphatic rings. The average molecular weight is 304 g/mol. The lowest BCUT2D eigenvalue weighted by Gasteiger charge is -2.27. The summed E-state index contributed by atoms with van der Waals surface area (Å²) < 4.78 is 1.96. The Morgan fingerprint density at radius 1 is 1.27 bits per heavy atom. The molecule has 5 nitrogen and oxygen atoms in total. The standard InChI is InChI=1S/C17H28N4O/c22-17-12-16(18-8-4-10-21-11-5-9-19-21)14-20(17)13-15-6-2-1-3-7-15/h5,9,11,15-16,18H,1-4,6-8,10,12-14H2/t16-/m0/s1. The summed E-state index contributed by atoms with van der Waals surface area (Å²) >= 11 is 0. The molecule has 0 aromatic carbocycles. The molecule has 1 N–H and O–H groups in total. The highest BCUT2D eigenvalue weighted by molar-refractivity contribution is 5.79. The highest BCUT2D eigenvalue weighted by Gasteiger charge is 2.30. The summed E-state index contributed by atoms with van der Waals surface area (Å²) in [4.78, 5) is 14.2. The van der Waals surface area contributed by atoms with Crippen LogP contribution in [0, 0.1) is 5.92 Å². The summed E-state index contributed by atoms with van der Waals surface area (Å²) in [6.07, 6.45) is 12.2. The Morgan fingerprint density at radius 2 is 2.14 bits per heavy atom. The van der Waals surface area contributed by atoms with Crippen LogP contribution < -0.4 is 5.32 Å². The van der Waals surface area contributed by atoms with Crippen LogP contribution in [0.2, 0.25) is 0 Å². The number of nitrogens with one attached hydrogen (secondary N) is 1. The van der Waals surface area contributed by atoms with Crippen LogP contribution in [0.15, 0.2) is 18.5 Å². The third kappa shape index (κ3) is 4.32. The zero-order valence-corrected chi connectivity index (χ0v) is 13.4. The molecule has 122 valence electrons. The van der Waals surface area contributed by atoms with Gasteiger partial charge in [0.15, 0.2) is 0 Å². The van der Waals surface area contributed by atoms with Gasteiger partial charge in [-0.3, -0.25) is 9.48 Å². The lowest BCUT2D eigenvalue weighted by molar-refractivity contribution is -0.128. The van der Waals surface area contributed by atoms with Crippen molar-refractivity contribution in [3.63, 3.8) is 0 Å². The quantitative estimate of drug-likeness (QED) is 0.784. The number of amides is 1. The Bertz CT molecular complexity index is 453. The van der Waals surface area contributed by atoms with Gasteiger partial charge < -0.3 is 10.2 Å². The summed E-state index contributed by atoms with van der Waals surface area (Å²) in [5.41, 5.74) is 0. The molecule has 22 heavy (non-hydrogen) atoms. The van der Waals surface area contributed by atoms with Gasteiger partial charge in [0.05, 0.1) is 0 Å². The molecule has 1 saturated heterocycles. The Hall–Kier alpha value is -1.36. The molecule has 1 aromatic heterocycles. The minimum Gasteiger partial charge on any atom is -0.341 e. The van der Waals surface area contributed by atoms with E-state index in [0.29, 0.717) is 18.4 Å². The monoisotopic (exact) mass is 304 g/mol. The molecule has 1 saturated carbocycles. The largest absolute Gasteiger partial charge is 0.341 e. The van der Waals surface area contributed by atoms with E-state index in [2.05, 4.69) is 15.3 Å². The SMILES string of the molecule is O=C1C[C@H](NCCCn2cccn2)CN1CC1CCCCC1. The first-order chi connectivity index (χ1) is 10.8. The second-order valence-corrected chi connectivity index (χ2v) is 6.78. The molecule has 3 rings (SSSR count). The van der Waals surface area contributed by atoms with E-state index in [1.54, 1.807) is 0 Å². The van der Waals surface area contributed by atoms with Gasteiger partial charge in [-0.15, -0.1) is 0 Å². The predicted molar refractivity (Wildman–Crippen MR) is 86.4 cm³/mol. The minimum atomic E-state index is 0.341. The molecule has 1 amide bonds. The van der Waals surface area contributed by atoms with Crippen molar-refractivity contribution in [1.82, 2.24) is 20.0 Å². The molecule has 0 unspecified atom stereocenters. The lowest BCUT2D eigenvalue weighted by Crippen LogP contribution is -2.36. The van der Waals surface area contributed by atoms with E-state index in [-0.39, 0.29) is 0 Å². The molecular formula is C17H28N4O. The second-order valence-electron chi connectivity index (χ2n) is 6.78. The van der Waals surface area contributed by atoms with Gasteiger partial charge in [0.1, 0.15) is 0 Å². The summed E-state index contributed by atoms with van der Waals surface area (Å²) in [6, 6.07) is 2.29. The molecule has 0 spiro atoms. The zero-order chi connectivity index (χ0) is 15.2. The van der Waals surface area contributed by atoms with E-state index in [0.717, 1.165) is 38.5 Å². The van der Waals surface area contributed by atoms with Gasteiger partial charge in [-0.25, -0.2) is 0 Å². The zero-order valence-electron chi connectivity index (χ0n) is 13.4. The van der Waals surface area contributed by atoms with Crippen LogP contribution in [0.3, 0.4) is 0 Å². The van der Waals surface area contributed by atoms with Crippen molar-refractivity contribution in [2.45, 2.75) is 57.5 Å². The first kappa shape index (κ1) is 15.5. The van der Waals surface area contributed by atoms with Gasteiger partial charge in [-0.2, -0.15) is 5.10 Å². The van der Waals surface area contributed by atoms with Crippen molar-refractivity contribution in [3.8, 4) is 0 Å². The van der Waals surface area contributed by atoms with Gasteiger partial charge in [0, 0.05) is 44.5 Å². The van der Waals surface area contributed by atoms with Crippen LogP contribution in [0.25, 0.3) is 0 Å². The number of aromatic nitrogens is 2. The highest BCUT2D eigenvalue weighted by Crippen LogP contribution is 2.26. The molecule has 5 heteroatoms. The van der Waals surface area contributed by atoms with Gasteiger partial charge in [0.25, 0.3) is 0 Å². The van der Waals surface area contributed by atoms with E-state index >= 15 is 0 Å². The van der Waals surface area contributed by atoms with Gasteiger partial charge in [-0.1, -0.05) is 19.3 Å². The highest BCUT2D eigenvalue weighted by atomic mass is 16.2. The number of rotatable bonds is 7. The number of aryl methyl sites for hydroxylation is 1. The van der Waals surface area contributed by atoms with Crippen LogP contribution in [-0.4, -0.2) is 46.3 Å². The summed E-state index contributed by atoms with van der Waals surface area (Å²) in [5, 5.41) is 7.74. The van der Waals surface area contributed by atoms with Crippen molar-refractivity contribution < 1.29 is 4.79 Å². The lowest BCUT2D eigenvalue weighted by atomic mass is 9.89. The van der Waals surface area contributed by atoms with Gasteiger partial charge in [-0.05, 0) is 37.8 Å². The van der Waals surface area contributed by atoms with Crippen LogP contribution >= 0.6 is 0 Å². The molecule has 0 radical (unpaired) electrons. The van der Waals surface area contributed by atoms with Gasteiger partial charge >= 0.3 is 0 Å². The van der Waals surface area contributed by atoms with Crippen molar-refractivity contribution in [2.24, 2.45) is 5.92 Å². The summed E-state index contributed by atoms with van der Waals surface area (Å²) in [6.45, 7) is 3.78. The fraction of sp³-hybridized carbons (Fsp3) is 0.765. The Kier molecular flexibility index (Phi) is 5.48. The molecule has 2 fully saturated rings. The third-order valence-electron chi connectivity index (χ3n) is 4.97. The molecule has 1 aromatic rings. The Balaban J connectivity index is 1.34. The Morgan fingerprint density at radius 3 is 2.91 bits per heavy atom. The first-order valence-electron chi connectivity index (χ1n) is 8.80. The molecule has 1 atom stereocenters.